The summed E-state index contributed by atoms with van der Waals surface area (Å²) in [5, 5.41) is 0. The second kappa shape index (κ2) is 8.06. The molecule has 0 fully saturated rings. The number of aromatic nitrogens is 1. The molecule has 0 saturated heterocycles. The van der Waals surface area contributed by atoms with Gasteiger partial charge in [0.15, 0.2) is 11.7 Å². The van der Waals surface area contributed by atoms with Gasteiger partial charge in [-0.25, -0.2) is 9.37 Å². The van der Waals surface area contributed by atoms with Crippen molar-refractivity contribution >= 4 is 11.8 Å². The molecule has 0 aliphatic carbocycles. The van der Waals surface area contributed by atoms with E-state index in [1.54, 1.807) is 6.20 Å². The van der Waals surface area contributed by atoms with E-state index in [4.69, 9.17) is 4.42 Å². The summed E-state index contributed by atoms with van der Waals surface area (Å²) in [6, 6.07) is 15.0. The number of hydrogen-bond acceptors (Lipinski definition) is 4. The molecule has 0 saturated carbocycles. The van der Waals surface area contributed by atoms with Gasteiger partial charge >= 0.3 is 0 Å². The van der Waals surface area contributed by atoms with Gasteiger partial charge in [-0.1, -0.05) is 42.5 Å². The summed E-state index contributed by atoms with van der Waals surface area (Å²) in [7, 11) is 0. The van der Waals surface area contributed by atoms with Crippen LogP contribution in [-0.4, -0.2) is 16.8 Å². The summed E-state index contributed by atoms with van der Waals surface area (Å²) < 4.78 is 19.1. The van der Waals surface area contributed by atoms with Crippen molar-refractivity contribution < 1.29 is 18.4 Å². The summed E-state index contributed by atoms with van der Waals surface area (Å²) in [6.45, 7) is 0. The van der Waals surface area contributed by atoms with Gasteiger partial charge in [0.2, 0.25) is 5.91 Å². The molecule has 0 aliphatic rings. The monoisotopic (exact) mass is 353 g/mol. The number of halogens is 1. The van der Waals surface area contributed by atoms with Crippen molar-refractivity contribution in [2.75, 3.05) is 0 Å². The van der Waals surface area contributed by atoms with Crippen LogP contribution in [0, 0.1) is 5.82 Å². The number of rotatable bonds is 5. The molecule has 3 rings (SSSR count). The summed E-state index contributed by atoms with van der Waals surface area (Å²) in [5.41, 5.74) is 5.17. The van der Waals surface area contributed by atoms with Crippen LogP contribution in [0.3, 0.4) is 0 Å². The zero-order chi connectivity index (χ0) is 18.4. The molecule has 1 aromatic heterocycles. The van der Waals surface area contributed by atoms with Crippen LogP contribution in [0.15, 0.2) is 65.2 Å². The maximum Gasteiger partial charge on any atom is 0.272 e. The number of oxazole rings is 1. The van der Waals surface area contributed by atoms with Crippen molar-refractivity contribution in [1.82, 2.24) is 15.8 Å². The number of carbonyl (C=O) groups excluding carboxylic acids is 2. The molecule has 0 atom stereocenters. The number of benzene rings is 2. The van der Waals surface area contributed by atoms with Crippen LogP contribution in [0.2, 0.25) is 0 Å². The molecular formula is C19H16FN3O3. The van der Waals surface area contributed by atoms with E-state index in [9.17, 15) is 14.0 Å². The largest absolute Gasteiger partial charge is 0.441 e. The van der Waals surface area contributed by atoms with Crippen molar-refractivity contribution in [3.05, 3.63) is 78.1 Å². The molecule has 1 heterocycles. The maximum atomic E-state index is 13.5. The molecule has 0 spiro atoms. The average Bonchev–Trinajstić information content (AvgIpc) is 3.14. The van der Waals surface area contributed by atoms with Crippen molar-refractivity contribution in [3.63, 3.8) is 0 Å². The molecule has 2 aromatic carbocycles. The third kappa shape index (κ3) is 4.32. The first-order valence-electron chi connectivity index (χ1n) is 7.97. The minimum atomic E-state index is -0.723. The van der Waals surface area contributed by atoms with Gasteiger partial charge in [-0.15, -0.1) is 0 Å². The number of hydrogen-bond donors (Lipinski definition) is 2. The Morgan fingerprint density at radius 2 is 1.73 bits per heavy atom. The van der Waals surface area contributed by atoms with E-state index in [0.29, 0.717) is 11.7 Å². The highest BCUT2D eigenvalue weighted by molar-refractivity contribution is 5.95. The third-order valence-corrected chi connectivity index (χ3v) is 3.61. The molecule has 2 N–H and O–H groups in total. The van der Waals surface area contributed by atoms with Crippen molar-refractivity contribution in [3.8, 4) is 11.3 Å². The molecule has 0 radical (unpaired) electrons. The smallest absolute Gasteiger partial charge is 0.272 e. The van der Waals surface area contributed by atoms with Crippen molar-refractivity contribution in [2.45, 2.75) is 12.8 Å². The number of carbonyl (C=O) groups is 2. The van der Waals surface area contributed by atoms with Gasteiger partial charge in [0.1, 0.15) is 5.82 Å². The Bertz CT molecular complexity index is 909. The van der Waals surface area contributed by atoms with E-state index in [2.05, 4.69) is 15.8 Å². The molecule has 0 aliphatic heterocycles. The fraction of sp³-hybridized carbons (Fsp3) is 0.105. The highest BCUT2D eigenvalue weighted by atomic mass is 19.1. The first-order chi connectivity index (χ1) is 12.6. The molecule has 3 aromatic rings. The van der Waals surface area contributed by atoms with E-state index in [1.807, 2.05) is 30.3 Å². The van der Waals surface area contributed by atoms with Gasteiger partial charge in [0.25, 0.3) is 5.91 Å². The van der Waals surface area contributed by atoms with Crippen molar-refractivity contribution in [2.24, 2.45) is 0 Å². The van der Waals surface area contributed by atoms with Gasteiger partial charge in [0.05, 0.1) is 11.8 Å². The Labute approximate surface area is 149 Å². The zero-order valence-electron chi connectivity index (χ0n) is 13.7. The van der Waals surface area contributed by atoms with Crippen LogP contribution in [0.1, 0.15) is 22.7 Å². The Morgan fingerprint density at radius 3 is 2.50 bits per heavy atom. The predicted octanol–water partition coefficient (Wildman–Crippen LogP) is 2.87. The molecule has 26 heavy (non-hydrogen) atoms. The number of nitrogens with zero attached hydrogens (tertiary/aromatic N) is 1. The second-order valence-corrected chi connectivity index (χ2v) is 5.47. The molecule has 6 nitrogen and oxygen atoms in total. The Morgan fingerprint density at radius 1 is 1.00 bits per heavy atom. The average molecular weight is 353 g/mol. The van der Waals surface area contributed by atoms with Crippen LogP contribution in [0.25, 0.3) is 11.3 Å². The SMILES string of the molecule is O=C(CCc1ncc(-c2ccccc2)o1)NNC(=O)c1ccccc1F. The molecule has 132 valence electrons. The number of aryl methyl sites for hydroxylation is 1. The lowest BCUT2D eigenvalue weighted by Gasteiger charge is -2.07. The highest BCUT2D eigenvalue weighted by Gasteiger charge is 2.12. The minimum absolute atomic E-state index is 0.0618. The maximum absolute atomic E-state index is 13.5. The third-order valence-electron chi connectivity index (χ3n) is 3.61. The van der Waals surface area contributed by atoms with Gasteiger partial charge in [-0.3, -0.25) is 20.4 Å². The molecule has 7 heteroatoms. The summed E-state index contributed by atoms with van der Waals surface area (Å²) in [5.74, 6) is -0.783. The Balaban J connectivity index is 1.48. The lowest BCUT2D eigenvalue weighted by atomic mass is 10.2. The lowest BCUT2D eigenvalue weighted by Crippen LogP contribution is -2.42. The van der Waals surface area contributed by atoms with E-state index < -0.39 is 17.6 Å². The van der Waals surface area contributed by atoms with Gasteiger partial charge in [-0.05, 0) is 12.1 Å². The number of hydrazine groups is 1. The van der Waals surface area contributed by atoms with Crippen LogP contribution in [0.5, 0.6) is 0 Å². The number of amides is 2. The van der Waals surface area contributed by atoms with Crippen LogP contribution in [0.4, 0.5) is 4.39 Å². The van der Waals surface area contributed by atoms with Gasteiger partial charge < -0.3 is 4.42 Å². The molecule has 0 unspecified atom stereocenters. The van der Waals surface area contributed by atoms with Crippen LogP contribution >= 0.6 is 0 Å². The standard InChI is InChI=1S/C19H16FN3O3/c20-15-9-5-4-8-14(15)19(25)23-22-17(24)10-11-18-21-12-16(26-18)13-6-2-1-3-7-13/h1-9,12H,10-11H2,(H,22,24)(H,23,25). The Hall–Kier alpha value is -3.48. The summed E-state index contributed by atoms with van der Waals surface area (Å²) in [4.78, 5) is 27.8. The predicted molar refractivity (Wildman–Crippen MR) is 92.3 cm³/mol. The fourth-order valence-corrected chi connectivity index (χ4v) is 2.28. The van der Waals surface area contributed by atoms with E-state index >= 15 is 0 Å². The zero-order valence-corrected chi connectivity index (χ0v) is 13.7. The Kier molecular flexibility index (Phi) is 5.38. The van der Waals surface area contributed by atoms with Crippen LogP contribution < -0.4 is 10.9 Å². The van der Waals surface area contributed by atoms with Crippen molar-refractivity contribution in [1.29, 1.82) is 0 Å². The first-order valence-corrected chi connectivity index (χ1v) is 7.97. The fourth-order valence-electron chi connectivity index (χ4n) is 2.28. The summed E-state index contributed by atoms with van der Waals surface area (Å²) in [6.07, 6.45) is 1.93. The van der Waals surface area contributed by atoms with Gasteiger partial charge in [0, 0.05) is 18.4 Å². The van der Waals surface area contributed by atoms with Gasteiger partial charge in [-0.2, -0.15) is 0 Å². The molecule has 0 bridgehead atoms. The lowest BCUT2D eigenvalue weighted by molar-refractivity contribution is -0.121. The highest BCUT2D eigenvalue weighted by Crippen LogP contribution is 2.20. The quantitative estimate of drug-likeness (QED) is 0.691. The van der Waals surface area contributed by atoms with E-state index in [1.165, 1.54) is 24.3 Å². The van der Waals surface area contributed by atoms with E-state index in [-0.39, 0.29) is 18.4 Å². The van der Waals surface area contributed by atoms with Crippen LogP contribution in [-0.2, 0) is 11.2 Å². The minimum Gasteiger partial charge on any atom is -0.441 e. The first kappa shape index (κ1) is 17.3. The van der Waals surface area contributed by atoms with E-state index in [0.717, 1.165) is 5.56 Å². The topological polar surface area (TPSA) is 84.2 Å². The molecule has 2 amide bonds. The number of nitrogens with one attached hydrogen (secondary N) is 2. The molecular weight excluding hydrogens is 337 g/mol. The second-order valence-electron chi connectivity index (χ2n) is 5.47. The summed E-state index contributed by atoms with van der Waals surface area (Å²) >= 11 is 0. The normalized spacial score (nSPS) is 10.3.